The highest BCUT2D eigenvalue weighted by molar-refractivity contribution is 5.88. The molecule has 18 heavy (non-hydrogen) atoms. The highest BCUT2D eigenvalue weighted by Crippen LogP contribution is 2.24. The van der Waals surface area contributed by atoms with Crippen LogP contribution in [0.2, 0.25) is 0 Å². The number of hydrogen-bond donors (Lipinski definition) is 1. The van der Waals surface area contributed by atoms with Crippen LogP contribution in [0.3, 0.4) is 0 Å². The van der Waals surface area contributed by atoms with Crippen molar-refractivity contribution in [1.82, 2.24) is 0 Å². The topological polar surface area (TPSA) is 55.6 Å². The zero-order valence-electron chi connectivity index (χ0n) is 11.0. The van der Waals surface area contributed by atoms with Crippen molar-refractivity contribution in [2.75, 3.05) is 18.0 Å². The highest BCUT2D eigenvalue weighted by atomic mass is 16.6. The van der Waals surface area contributed by atoms with Gasteiger partial charge in [0.05, 0.1) is 0 Å². The van der Waals surface area contributed by atoms with Gasteiger partial charge in [0.1, 0.15) is 6.10 Å². The Kier molecular flexibility index (Phi) is 3.87. The van der Waals surface area contributed by atoms with E-state index in [9.17, 15) is 4.79 Å². The summed E-state index contributed by atoms with van der Waals surface area (Å²) in [7, 11) is 0. The summed E-state index contributed by atoms with van der Waals surface area (Å²) in [6, 6.07) is 6.02. The molecule has 1 atom stereocenters. The fourth-order valence-corrected chi connectivity index (χ4v) is 2.15. The molecule has 1 saturated heterocycles. The molecule has 0 saturated carbocycles. The Bertz CT molecular complexity index is 445. The molecule has 0 aliphatic carbocycles. The van der Waals surface area contributed by atoms with Crippen LogP contribution < -0.4 is 10.6 Å². The van der Waals surface area contributed by atoms with Crippen molar-refractivity contribution < 1.29 is 9.53 Å². The third-order valence-electron chi connectivity index (χ3n) is 3.45. The molecule has 0 aromatic heterocycles. The maximum Gasteiger partial charge on any atom is 0.414 e. The average Bonchev–Trinajstić information content (AvgIpc) is 2.34. The van der Waals surface area contributed by atoms with E-state index in [0.717, 1.165) is 18.5 Å². The van der Waals surface area contributed by atoms with Crippen molar-refractivity contribution in [2.24, 2.45) is 5.73 Å². The van der Waals surface area contributed by atoms with Crippen molar-refractivity contribution >= 4 is 11.8 Å². The number of anilines is 1. The van der Waals surface area contributed by atoms with Crippen LogP contribution in [0.15, 0.2) is 18.2 Å². The molecule has 1 aliphatic rings. The van der Waals surface area contributed by atoms with Crippen molar-refractivity contribution in [3.63, 3.8) is 0 Å². The van der Waals surface area contributed by atoms with Crippen molar-refractivity contribution in [3.05, 3.63) is 29.3 Å². The molecule has 4 heteroatoms. The predicted molar refractivity (Wildman–Crippen MR) is 71.8 cm³/mol. The smallest absolute Gasteiger partial charge is 0.414 e. The molecule has 98 valence electrons. The largest absolute Gasteiger partial charge is 0.446 e. The fourth-order valence-electron chi connectivity index (χ4n) is 2.15. The van der Waals surface area contributed by atoms with Crippen molar-refractivity contribution in [3.8, 4) is 0 Å². The Hall–Kier alpha value is -1.55. The number of cyclic esters (lactones) is 1. The SMILES string of the molecule is Cc1ccc(N2CCC(CCN)OC2=O)cc1C. The molecule has 0 spiro atoms. The van der Waals surface area contributed by atoms with E-state index < -0.39 is 0 Å². The minimum atomic E-state index is -0.261. The number of ether oxygens (including phenoxy) is 1. The van der Waals surface area contributed by atoms with Crippen LogP contribution in [-0.4, -0.2) is 25.3 Å². The van der Waals surface area contributed by atoms with Crippen LogP contribution in [-0.2, 0) is 4.74 Å². The van der Waals surface area contributed by atoms with Gasteiger partial charge in [0, 0.05) is 18.7 Å². The van der Waals surface area contributed by atoms with Crippen molar-refractivity contribution in [1.29, 1.82) is 0 Å². The number of aryl methyl sites for hydroxylation is 2. The number of nitrogens with two attached hydrogens (primary N) is 1. The zero-order chi connectivity index (χ0) is 13.1. The molecule has 0 radical (unpaired) electrons. The second-order valence-electron chi connectivity index (χ2n) is 4.79. The van der Waals surface area contributed by atoms with Gasteiger partial charge in [0.2, 0.25) is 0 Å². The summed E-state index contributed by atoms with van der Waals surface area (Å²) < 4.78 is 5.37. The van der Waals surface area contributed by atoms with Crippen LogP contribution in [0.5, 0.6) is 0 Å². The van der Waals surface area contributed by atoms with Gasteiger partial charge in [-0.05, 0) is 50.1 Å². The summed E-state index contributed by atoms with van der Waals surface area (Å²) in [4.78, 5) is 13.6. The number of amides is 1. The van der Waals surface area contributed by atoms with Gasteiger partial charge in [-0.3, -0.25) is 4.90 Å². The molecule has 2 N–H and O–H groups in total. The van der Waals surface area contributed by atoms with E-state index >= 15 is 0 Å². The Morgan fingerprint density at radius 1 is 1.39 bits per heavy atom. The molecule has 4 nitrogen and oxygen atoms in total. The third kappa shape index (κ3) is 2.64. The van der Waals surface area contributed by atoms with E-state index in [0.29, 0.717) is 13.1 Å². The standard InChI is InChI=1S/C14H20N2O2/c1-10-3-4-12(9-11(10)2)16-8-6-13(5-7-15)18-14(16)17/h3-4,9,13H,5-8,15H2,1-2H3. The first-order valence-corrected chi connectivity index (χ1v) is 6.37. The number of rotatable bonds is 3. The second-order valence-corrected chi connectivity index (χ2v) is 4.79. The number of hydrogen-bond acceptors (Lipinski definition) is 3. The molecule has 1 amide bonds. The van der Waals surface area contributed by atoms with Crippen LogP contribution in [0.25, 0.3) is 0 Å². The minimum absolute atomic E-state index is 0.0229. The van der Waals surface area contributed by atoms with Crippen LogP contribution in [0.1, 0.15) is 24.0 Å². The number of carbonyl (C=O) groups excluding carboxylic acids is 1. The maximum atomic E-state index is 11.9. The normalized spacial score (nSPS) is 19.8. The summed E-state index contributed by atoms with van der Waals surface area (Å²) in [5.74, 6) is 0. The lowest BCUT2D eigenvalue weighted by Crippen LogP contribution is -2.42. The Morgan fingerprint density at radius 2 is 2.17 bits per heavy atom. The van der Waals surface area contributed by atoms with E-state index in [1.807, 2.05) is 25.1 Å². The molecule has 1 heterocycles. The Morgan fingerprint density at radius 3 is 2.78 bits per heavy atom. The summed E-state index contributed by atoms with van der Waals surface area (Å²) in [5, 5.41) is 0. The molecule has 1 aliphatic heterocycles. The summed E-state index contributed by atoms with van der Waals surface area (Å²) in [6.45, 7) is 5.36. The average molecular weight is 248 g/mol. The molecule has 1 aromatic rings. The van der Waals surface area contributed by atoms with Gasteiger partial charge in [-0.25, -0.2) is 4.79 Å². The maximum absolute atomic E-state index is 11.9. The van der Waals surface area contributed by atoms with Gasteiger partial charge in [-0.1, -0.05) is 6.07 Å². The number of nitrogens with zero attached hydrogens (tertiary/aromatic N) is 1. The summed E-state index contributed by atoms with van der Waals surface area (Å²) in [6.07, 6.45) is 1.30. The van der Waals surface area contributed by atoms with E-state index in [2.05, 4.69) is 6.92 Å². The summed E-state index contributed by atoms with van der Waals surface area (Å²) in [5.41, 5.74) is 8.81. The van der Waals surface area contributed by atoms with Gasteiger partial charge in [-0.15, -0.1) is 0 Å². The second kappa shape index (κ2) is 5.40. The first-order chi connectivity index (χ1) is 8.61. The quantitative estimate of drug-likeness (QED) is 0.893. The monoisotopic (exact) mass is 248 g/mol. The van der Waals surface area contributed by atoms with Gasteiger partial charge >= 0.3 is 6.09 Å². The molecular formula is C14H20N2O2. The molecular weight excluding hydrogens is 228 g/mol. The third-order valence-corrected chi connectivity index (χ3v) is 3.45. The van der Waals surface area contributed by atoms with Gasteiger partial charge < -0.3 is 10.5 Å². The van der Waals surface area contributed by atoms with Crippen LogP contribution in [0, 0.1) is 13.8 Å². The van der Waals surface area contributed by atoms with E-state index in [1.54, 1.807) is 4.90 Å². The highest BCUT2D eigenvalue weighted by Gasteiger charge is 2.27. The van der Waals surface area contributed by atoms with Crippen molar-refractivity contribution in [2.45, 2.75) is 32.8 Å². The molecule has 1 aromatic carbocycles. The minimum Gasteiger partial charge on any atom is -0.446 e. The number of benzene rings is 1. The number of carbonyl (C=O) groups is 1. The molecule has 1 unspecified atom stereocenters. The van der Waals surface area contributed by atoms with E-state index in [4.69, 9.17) is 10.5 Å². The lowest BCUT2D eigenvalue weighted by atomic mass is 10.1. The lowest BCUT2D eigenvalue weighted by molar-refractivity contribution is 0.0807. The zero-order valence-corrected chi connectivity index (χ0v) is 11.0. The van der Waals surface area contributed by atoms with Gasteiger partial charge in [0.25, 0.3) is 0 Å². The molecule has 1 fully saturated rings. The molecule has 2 rings (SSSR count). The van der Waals surface area contributed by atoms with Gasteiger partial charge in [0.15, 0.2) is 0 Å². The first-order valence-electron chi connectivity index (χ1n) is 6.37. The molecule has 0 bridgehead atoms. The summed E-state index contributed by atoms with van der Waals surface area (Å²) >= 11 is 0. The van der Waals surface area contributed by atoms with E-state index in [1.165, 1.54) is 11.1 Å². The Balaban J connectivity index is 2.10. The van der Waals surface area contributed by atoms with Crippen LogP contribution >= 0.6 is 0 Å². The Labute approximate surface area is 108 Å². The van der Waals surface area contributed by atoms with Gasteiger partial charge in [-0.2, -0.15) is 0 Å². The van der Waals surface area contributed by atoms with E-state index in [-0.39, 0.29) is 12.2 Å². The van der Waals surface area contributed by atoms with Crippen LogP contribution in [0.4, 0.5) is 10.5 Å². The fraction of sp³-hybridized carbons (Fsp3) is 0.500. The lowest BCUT2D eigenvalue weighted by Gasteiger charge is -2.31. The first kappa shape index (κ1) is 12.9. The predicted octanol–water partition coefficient (Wildman–Crippen LogP) is 2.37.